The van der Waals surface area contributed by atoms with Crippen LogP contribution in [0.4, 0.5) is 4.39 Å². The molecule has 5 heteroatoms. The highest BCUT2D eigenvalue weighted by atomic mass is 32.1. The number of pyridine rings is 1. The molecule has 0 saturated heterocycles. The second-order valence-electron chi connectivity index (χ2n) is 4.98. The topological polar surface area (TPSA) is 28.2 Å². The predicted molar refractivity (Wildman–Crippen MR) is 85.9 cm³/mol. The molecular formula is C16H22FN3S. The number of hydrogen-bond acceptors (Lipinski definition) is 4. The molecule has 21 heavy (non-hydrogen) atoms. The lowest BCUT2D eigenvalue weighted by molar-refractivity contribution is 0.264. The predicted octanol–water partition coefficient (Wildman–Crippen LogP) is 3.45. The third-order valence-corrected chi connectivity index (χ3v) is 4.46. The van der Waals surface area contributed by atoms with Crippen molar-refractivity contribution in [2.24, 2.45) is 0 Å². The number of aromatic nitrogens is 1. The van der Waals surface area contributed by atoms with Gasteiger partial charge in [0.1, 0.15) is 5.82 Å². The lowest BCUT2D eigenvalue weighted by Crippen LogP contribution is -2.28. The van der Waals surface area contributed by atoms with Crippen LogP contribution in [0, 0.1) is 5.82 Å². The summed E-state index contributed by atoms with van der Waals surface area (Å²) in [6.45, 7) is 5.17. The summed E-state index contributed by atoms with van der Waals surface area (Å²) in [5, 5.41) is 5.38. The maximum absolute atomic E-state index is 12.9. The van der Waals surface area contributed by atoms with E-state index in [0.717, 1.165) is 31.7 Å². The van der Waals surface area contributed by atoms with E-state index in [4.69, 9.17) is 0 Å². The maximum atomic E-state index is 12.9. The number of rotatable bonds is 8. The van der Waals surface area contributed by atoms with Crippen LogP contribution >= 0.6 is 11.3 Å². The van der Waals surface area contributed by atoms with Crippen LogP contribution in [0.5, 0.6) is 0 Å². The van der Waals surface area contributed by atoms with E-state index in [1.54, 1.807) is 17.4 Å². The number of thiophene rings is 1. The Morgan fingerprint density at radius 2 is 2.24 bits per heavy atom. The molecule has 2 aromatic rings. The minimum Gasteiger partial charge on any atom is -0.312 e. The van der Waals surface area contributed by atoms with Crippen molar-refractivity contribution >= 4 is 11.3 Å². The fourth-order valence-electron chi connectivity index (χ4n) is 2.32. The van der Waals surface area contributed by atoms with Crippen molar-refractivity contribution in [3.8, 4) is 0 Å². The summed E-state index contributed by atoms with van der Waals surface area (Å²) in [7, 11) is 1.92. The molecule has 0 aromatic carbocycles. The molecule has 0 amide bonds. The van der Waals surface area contributed by atoms with E-state index in [1.807, 2.05) is 7.05 Å². The fourth-order valence-corrected chi connectivity index (χ4v) is 3.06. The molecule has 0 aliphatic carbocycles. The van der Waals surface area contributed by atoms with Crippen LogP contribution in [0.25, 0.3) is 0 Å². The van der Waals surface area contributed by atoms with Gasteiger partial charge in [-0.15, -0.1) is 11.3 Å². The van der Waals surface area contributed by atoms with Gasteiger partial charge in [-0.25, -0.2) is 4.39 Å². The molecule has 0 aliphatic rings. The summed E-state index contributed by atoms with van der Waals surface area (Å²) in [4.78, 5) is 7.98. The zero-order valence-electron chi connectivity index (χ0n) is 12.6. The standard InChI is InChI=1S/C16H22FN3S/c1-3-20(12-14-5-4-10-21-14)9-8-15(18-2)16-7-6-13(17)11-19-16/h4-7,10-11,15,18H,3,8-9,12H2,1-2H3. The largest absolute Gasteiger partial charge is 0.312 e. The Balaban J connectivity index is 1.90. The van der Waals surface area contributed by atoms with Crippen molar-refractivity contribution < 1.29 is 4.39 Å². The van der Waals surface area contributed by atoms with Gasteiger partial charge < -0.3 is 5.32 Å². The van der Waals surface area contributed by atoms with E-state index < -0.39 is 0 Å². The summed E-state index contributed by atoms with van der Waals surface area (Å²) < 4.78 is 12.9. The summed E-state index contributed by atoms with van der Waals surface area (Å²) in [5.74, 6) is -0.290. The van der Waals surface area contributed by atoms with Gasteiger partial charge in [0.2, 0.25) is 0 Å². The third-order valence-electron chi connectivity index (χ3n) is 3.60. The molecule has 2 aromatic heterocycles. The van der Waals surface area contributed by atoms with Crippen LogP contribution in [0.3, 0.4) is 0 Å². The molecule has 0 bridgehead atoms. The minimum atomic E-state index is -0.290. The van der Waals surface area contributed by atoms with E-state index in [2.05, 4.69) is 39.6 Å². The van der Waals surface area contributed by atoms with Crippen LogP contribution in [0.1, 0.15) is 30.0 Å². The Morgan fingerprint density at radius 1 is 1.38 bits per heavy atom. The molecule has 0 radical (unpaired) electrons. The van der Waals surface area contributed by atoms with Crippen LogP contribution < -0.4 is 5.32 Å². The Kier molecular flexibility index (Phi) is 6.29. The van der Waals surface area contributed by atoms with E-state index in [-0.39, 0.29) is 11.9 Å². The van der Waals surface area contributed by atoms with Crippen molar-refractivity contribution in [1.82, 2.24) is 15.2 Å². The van der Waals surface area contributed by atoms with Gasteiger partial charge in [0.05, 0.1) is 17.9 Å². The first kappa shape index (κ1) is 16.1. The molecule has 114 valence electrons. The second kappa shape index (κ2) is 8.22. The Labute approximate surface area is 129 Å². The van der Waals surface area contributed by atoms with E-state index in [0.29, 0.717) is 0 Å². The molecule has 0 fully saturated rings. The summed E-state index contributed by atoms with van der Waals surface area (Å²) in [5.41, 5.74) is 0.895. The maximum Gasteiger partial charge on any atom is 0.141 e. The van der Waals surface area contributed by atoms with Gasteiger partial charge in [-0.1, -0.05) is 13.0 Å². The summed E-state index contributed by atoms with van der Waals surface area (Å²) >= 11 is 1.79. The molecule has 0 saturated carbocycles. The quantitative estimate of drug-likeness (QED) is 0.809. The number of nitrogens with zero attached hydrogens (tertiary/aromatic N) is 2. The number of hydrogen-bond donors (Lipinski definition) is 1. The molecular weight excluding hydrogens is 285 g/mol. The molecule has 2 heterocycles. The molecule has 0 spiro atoms. The molecule has 1 N–H and O–H groups in total. The molecule has 0 aliphatic heterocycles. The van der Waals surface area contributed by atoms with Gasteiger partial charge in [-0.2, -0.15) is 0 Å². The van der Waals surface area contributed by atoms with Crippen LogP contribution in [0.15, 0.2) is 35.8 Å². The SMILES string of the molecule is CCN(CCC(NC)c1ccc(F)cn1)Cc1cccs1. The van der Waals surface area contributed by atoms with E-state index >= 15 is 0 Å². The van der Waals surface area contributed by atoms with E-state index in [1.165, 1.54) is 17.1 Å². The van der Waals surface area contributed by atoms with Crippen molar-refractivity contribution in [3.63, 3.8) is 0 Å². The van der Waals surface area contributed by atoms with Gasteiger partial charge in [-0.3, -0.25) is 9.88 Å². The van der Waals surface area contributed by atoms with Crippen molar-refractivity contribution in [2.75, 3.05) is 20.1 Å². The molecule has 1 unspecified atom stereocenters. The zero-order chi connectivity index (χ0) is 15.1. The number of halogens is 1. The fraction of sp³-hybridized carbons (Fsp3) is 0.438. The Hall–Kier alpha value is -1.30. The average Bonchev–Trinajstić information content (AvgIpc) is 3.01. The van der Waals surface area contributed by atoms with Gasteiger partial charge in [0.15, 0.2) is 0 Å². The second-order valence-corrected chi connectivity index (χ2v) is 6.01. The number of nitrogens with one attached hydrogen (secondary N) is 1. The smallest absolute Gasteiger partial charge is 0.141 e. The molecule has 3 nitrogen and oxygen atoms in total. The van der Waals surface area contributed by atoms with Gasteiger partial charge in [0.25, 0.3) is 0 Å². The monoisotopic (exact) mass is 307 g/mol. The first-order chi connectivity index (χ1) is 10.2. The average molecular weight is 307 g/mol. The highest BCUT2D eigenvalue weighted by Gasteiger charge is 2.13. The van der Waals surface area contributed by atoms with Crippen LogP contribution in [-0.2, 0) is 6.54 Å². The normalized spacial score (nSPS) is 12.8. The Morgan fingerprint density at radius 3 is 2.81 bits per heavy atom. The summed E-state index contributed by atoms with van der Waals surface area (Å²) in [6.07, 6.45) is 2.23. The highest BCUT2D eigenvalue weighted by molar-refractivity contribution is 7.09. The van der Waals surface area contributed by atoms with Gasteiger partial charge in [0, 0.05) is 18.0 Å². The third kappa shape index (κ3) is 4.88. The lowest BCUT2D eigenvalue weighted by atomic mass is 10.1. The van der Waals surface area contributed by atoms with E-state index in [9.17, 15) is 4.39 Å². The first-order valence-electron chi connectivity index (χ1n) is 7.26. The van der Waals surface area contributed by atoms with Crippen molar-refractivity contribution in [3.05, 3.63) is 52.2 Å². The van der Waals surface area contributed by atoms with Crippen LogP contribution in [-0.4, -0.2) is 30.0 Å². The first-order valence-corrected chi connectivity index (χ1v) is 8.14. The highest BCUT2D eigenvalue weighted by Crippen LogP contribution is 2.17. The molecule has 1 atom stereocenters. The Bertz CT molecular complexity index is 513. The minimum absolute atomic E-state index is 0.156. The van der Waals surface area contributed by atoms with Crippen LogP contribution in [0.2, 0.25) is 0 Å². The molecule has 2 rings (SSSR count). The van der Waals surface area contributed by atoms with Crippen molar-refractivity contribution in [2.45, 2.75) is 25.9 Å². The van der Waals surface area contributed by atoms with Gasteiger partial charge >= 0.3 is 0 Å². The van der Waals surface area contributed by atoms with Crippen molar-refractivity contribution in [1.29, 1.82) is 0 Å². The lowest BCUT2D eigenvalue weighted by Gasteiger charge is -2.23. The zero-order valence-corrected chi connectivity index (χ0v) is 13.4. The summed E-state index contributed by atoms with van der Waals surface area (Å²) in [6, 6.07) is 7.64. The van der Waals surface area contributed by atoms with Gasteiger partial charge in [-0.05, 0) is 43.6 Å².